The molecule has 0 fully saturated rings. The Bertz CT molecular complexity index is 1650. The van der Waals surface area contributed by atoms with Gasteiger partial charge in [0.15, 0.2) is 5.69 Å². The molecule has 35 heavy (non-hydrogen) atoms. The third-order valence-corrected chi connectivity index (χ3v) is 5.54. The minimum atomic E-state index is -1.01. The number of fused-ring (bicyclic) bond motifs is 2. The van der Waals surface area contributed by atoms with Gasteiger partial charge >= 0.3 is 6.01 Å². The van der Waals surface area contributed by atoms with Crippen LogP contribution in [0.4, 0.5) is 17.4 Å². The largest absolute Gasteiger partial charge is 0.403 e. The fourth-order valence-electron chi connectivity index (χ4n) is 3.89. The van der Waals surface area contributed by atoms with Crippen molar-refractivity contribution in [3.05, 3.63) is 102 Å². The molecule has 0 saturated heterocycles. The Balaban J connectivity index is 1.36. The number of hydrogen-bond acceptors (Lipinski definition) is 7. The number of rotatable bonds is 4. The number of pyridine rings is 1. The molecule has 4 heterocycles. The molecular weight excluding hydrogens is 444 g/mol. The SMILES string of the molecule is [C-]#[N+]c1ccn2ncc(-c3nnc(N[C@H]4N=C(c5ccccc5)c5ccccc5NC4=O)o3)c2c1. The average Bonchev–Trinajstić information content (AvgIpc) is 3.50. The van der Waals surface area contributed by atoms with Crippen LogP contribution >= 0.6 is 0 Å². The highest BCUT2D eigenvalue weighted by Crippen LogP contribution is 2.28. The quantitative estimate of drug-likeness (QED) is 0.389. The lowest BCUT2D eigenvalue weighted by Crippen LogP contribution is -2.32. The molecule has 0 radical (unpaired) electrons. The summed E-state index contributed by atoms with van der Waals surface area (Å²) in [6.07, 6.45) is 2.26. The summed E-state index contributed by atoms with van der Waals surface area (Å²) in [6, 6.07) is 20.5. The first-order valence-electron chi connectivity index (χ1n) is 10.7. The van der Waals surface area contributed by atoms with Crippen molar-refractivity contribution in [1.29, 1.82) is 0 Å². The Morgan fingerprint density at radius 1 is 1.03 bits per heavy atom. The molecule has 1 aliphatic rings. The summed E-state index contributed by atoms with van der Waals surface area (Å²) in [5.74, 6) is -0.157. The molecule has 2 N–H and O–H groups in total. The smallest absolute Gasteiger partial charge is 0.317 e. The predicted molar refractivity (Wildman–Crippen MR) is 129 cm³/mol. The van der Waals surface area contributed by atoms with E-state index in [1.54, 1.807) is 29.0 Å². The van der Waals surface area contributed by atoms with E-state index in [4.69, 9.17) is 16.0 Å². The highest BCUT2D eigenvalue weighted by atomic mass is 16.4. The number of aromatic nitrogens is 4. The molecule has 5 aromatic rings. The number of carbonyl (C=O) groups excluding carboxylic acids is 1. The van der Waals surface area contributed by atoms with Gasteiger partial charge in [-0.25, -0.2) is 14.4 Å². The minimum Gasteiger partial charge on any atom is -0.403 e. The number of amides is 1. The topological polar surface area (TPSA) is 114 Å². The molecule has 3 aromatic heterocycles. The number of aliphatic imine (C=N–C) groups is 1. The van der Waals surface area contributed by atoms with Crippen molar-refractivity contribution in [3.8, 4) is 11.5 Å². The van der Waals surface area contributed by atoms with E-state index < -0.39 is 6.17 Å². The Hall–Kier alpha value is -5.30. The van der Waals surface area contributed by atoms with Crippen molar-refractivity contribution >= 4 is 34.5 Å². The number of benzodiazepines with no additional fused rings is 1. The molecule has 10 heteroatoms. The maximum absolute atomic E-state index is 13.0. The van der Waals surface area contributed by atoms with Gasteiger partial charge in [-0.05, 0) is 18.2 Å². The number of nitrogens with zero attached hydrogens (tertiary/aromatic N) is 6. The van der Waals surface area contributed by atoms with Gasteiger partial charge in [0.2, 0.25) is 6.17 Å². The second-order valence-electron chi connectivity index (χ2n) is 7.72. The van der Waals surface area contributed by atoms with Crippen LogP contribution in [0.15, 0.2) is 88.5 Å². The van der Waals surface area contributed by atoms with Crippen LogP contribution in [-0.4, -0.2) is 37.6 Å². The summed E-state index contributed by atoms with van der Waals surface area (Å²) >= 11 is 0. The molecule has 1 aliphatic heterocycles. The van der Waals surface area contributed by atoms with Crippen molar-refractivity contribution in [1.82, 2.24) is 19.8 Å². The summed E-state index contributed by atoms with van der Waals surface area (Å²) in [6.45, 7) is 7.24. The summed E-state index contributed by atoms with van der Waals surface area (Å²) in [5.41, 5.74) is 4.70. The van der Waals surface area contributed by atoms with Crippen LogP contribution in [0.25, 0.3) is 21.8 Å². The van der Waals surface area contributed by atoms with Crippen molar-refractivity contribution in [2.45, 2.75) is 6.17 Å². The van der Waals surface area contributed by atoms with E-state index in [1.807, 2.05) is 54.6 Å². The zero-order valence-electron chi connectivity index (χ0n) is 18.1. The van der Waals surface area contributed by atoms with Gasteiger partial charge < -0.3 is 15.1 Å². The molecule has 10 nitrogen and oxygen atoms in total. The fraction of sp³-hybridized carbons (Fsp3) is 0.0400. The number of hydrogen-bond donors (Lipinski definition) is 2. The molecule has 0 aliphatic carbocycles. The summed E-state index contributed by atoms with van der Waals surface area (Å²) in [7, 11) is 0. The first kappa shape index (κ1) is 20.3. The van der Waals surface area contributed by atoms with E-state index in [2.05, 4.69) is 30.8 Å². The van der Waals surface area contributed by atoms with E-state index in [0.717, 1.165) is 11.1 Å². The lowest BCUT2D eigenvalue weighted by Gasteiger charge is -2.11. The first-order chi connectivity index (χ1) is 17.2. The number of nitrogens with one attached hydrogen (secondary N) is 2. The molecule has 0 unspecified atom stereocenters. The first-order valence-corrected chi connectivity index (χ1v) is 10.7. The predicted octanol–water partition coefficient (Wildman–Crippen LogP) is 4.16. The van der Waals surface area contributed by atoms with Gasteiger partial charge in [0.05, 0.1) is 35.2 Å². The highest BCUT2D eigenvalue weighted by molar-refractivity contribution is 6.19. The van der Waals surface area contributed by atoms with E-state index >= 15 is 0 Å². The van der Waals surface area contributed by atoms with E-state index in [-0.39, 0.29) is 17.8 Å². The number of benzene rings is 2. The maximum atomic E-state index is 13.0. The van der Waals surface area contributed by atoms with Crippen molar-refractivity contribution in [3.63, 3.8) is 0 Å². The van der Waals surface area contributed by atoms with Gasteiger partial charge in [-0.1, -0.05) is 53.6 Å². The Morgan fingerprint density at radius 2 is 1.86 bits per heavy atom. The van der Waals surface area contributed by atoms with Gasteiger partial charge in [0, 0.05) is 17.3 Å². The fourth-order valence-corrected chi connectivity index (χ4v) is 3.89. The van der Waals surface area contributed by atoms with E-state index in [1.165, 1.54) is 0 Å². The molecule has 6 rings (SSSR count). The molecule has 0 saturated carbocycles. The van der Waals surface area contributed by atoms with Crippen LogP contribution < -0.4 is 10.6 Å². The normalized spacial score (nSPS) is 15.0. The third kappa shape index (κ3) is 3.67. The Labute approximate surface area is 198 Å². The molecule has 168 valence electrons. The number of para-hydroxylation sites is 1. The molecule has 1 amide bonds. The lowest BCUT2D eigenvalue weighted by atomic mass is 10.0. The van der Waals surface area contributed by atoms with Crippen molar-refractivity contribution in [2.75, 3.05) is 10.6 Å². The number of carbonyl (C=O) groups is 1. The Morgan fingerprint density at radius 3 is 2.71 bits per heavy atom. The van der Waals surface area contributed by atoms with Gasteiger partial charge in [-0.3, -0.25) is 4.79 Å². The second kappa shape index (κ2) is 8.24. The molecular formula is C25H16N8O2. The van der Waals surface area contributed by atoms with Gasteiger partial charge in [0.1, 0.15) is 0 Å². The standard InChI is InChI=1S/C25H16N8O2/c1-26-16-11-12-33-20(13-16)18(14-27-33)24-31-32-25(35-24)30-22-23(34)28-19-10-6-5-9-17(19)21(29-22)15-7-3-2-4-8-15/h2-14,22H,(H,28,34)(H,30,32)/t22-/m1/s1. The third-order valence-electron chi connectivity index (χ3n) is 5.54. The average molecular weight is 460 g/mol. The van der Waals surface area contributed by atoms with Gasteiger partial charge in [-0.2, -0.15) is 5.10 Å². The van der Waals surface area contributed by atoms with Crippen LogP contribution in [0, 0.1) is 6.57 Å². The summed E-state index contributed by atoms with van der Waals surface area (Å²) in [4.78, 5) is 21.2. The monoisotopic (exact) mass is 460 g/mol. The molecule has 0 bridgehead atoms. The second-order valence-corrected chi connectivity index (χ2v) is 7.72. The van der Waals surface area contributed by atoms with Gasteiger partial charge in [0.25, 0.3) is 11.8 Å². The molecule has 0 spiro atoms. The Kier molecular flexibility index (Phi) is 4.78. The lowest BCUT2D eigenvalue weighted by molar-refractivity contribution is -0.116. The van der Waals surface area contributed by atoms with Crippen LogP contribution in [0.3, 0.4) is 0 Å². The van der Waals surface area contributed by atoms with Crippen LogP contribution in [0.1, 0.15) is 11.1 Å². The molecule has 2 aromatic carbocycles. The van der Waals surface area contributed by atoms with Crippen LogP contribution in [0.5, 0.6) is 0 Å². The maximum Gasteiger partial charge on any atom is 0.317 e. The van der Waals surface area contributed by atoms with Crippen molar-refractivity contribution in [2.24, 2.45) is 4.99 Å². The zero-order chi connectivity index (χ0) is 23.8. The number of anilines is 2. The van der Waals surface area contributed by atoms with E-state index in [9.17, 15) is 4.79 Å². The summed E-state index contributed by atoms with van der Waals surface area (Å²) in [5, 5.41) is 18.3. The zero-order valence-corrected chi connectivity index (χ0v) is 18.1. The van der Waals surface area contributed by atoms with Crippen LogP contribution in [-0.2, 0) is 4.79 Å². The minimum absolute atomic E-state index is 0.0305. The van der Waals surface area contributed by atoms with Crippen molar-refractivity contribution < 1.29 is 9.21 Å². The van der Waals surface area contributed by atoms with Crippen LogP contribution in [0.2, 0.25) is 0 Å². The highest BCUT2D eigenvalue weighted by Gasteiger charge is 2.27. The molecule has 1 atom stereocenters. The van der Waals surface area contributed by atoms with E-state index in [0.29, 0.717) is 28.2 Å². The summed E-state index contributed by atoms with van der Waals surface area (Å²) < 4.78 is 7.42. The van der Waals surface area contributed by atoms with Gasteiger partial charge in [-0.15, -0.1) is 5.10 Å².